The lowest BCUT2D eigenvalue weighted by atomic mass is 10.3. The largest absolute Gasteiger partial charge is 0.362 e. The first kappa shape index (κ1) is 13.8. The van der Waals surface area contributed by atoms with Crippen molar-refractivity contribution in [3.05, 3.63) is 0 Å². The van der Waals surface area contributed by atoms with Gasteiger partial charge in [-0.3, -0.25) is 9.36 Å². The fourth-order valence-electron chi connectivity index (χ4n) is 1.37. The smallest absolute Gasteiger partial charge is 0.348 e. The van der Waals surface area contributed by atoms with E-state index in [0.29, 0.717) is 0 Å². The van der Waals surface area contributed by atoms with E-state index in [9.17, 15) is 9.36 Å². The van der Waals surface area contributed by atoms with Crippen LogP contribution in [-0.4, -0.2) is 29.9 Å². The van der Waals surface area contributed by atoms with Gasteiger partial charge in [-0.15, -0.1) is 0 Å². The average Bonchev–Trinajstić information content (AvgIpc) is 2.77. The summed E-state index contributed by atoms with van der Waals surface area (Å²) in [6.07, 6.45) is -1.11. The molecule has 0 bridgehead atoms. The molecule has 0 radical (unpaired) electrons. The van der Waals surface area contributed by atoms with Gasteiger partial charge in [-0.1, -0.05) is 0 Å². The molecule has 0 aromatic rings. The first-order chi connectivity index (χ1) is 7.26. The quantitative estimate of drug-likeness (QED) is 0.534. The van der Waals surface area contributed by atoms with E-state index >= 15 is 0 Å². The monoisotopic (exact) mass is 250 g/mol. The summed E-state index contributed by atoms with van der Waals surface area (Å²) in [5, 5.41) is 0. The van der Waals surface area contributed by atoms with Crippen LogP contribution in [0.5, 0.6) is 0 Å². The first-order valence-electron chi connectivity index (χ1n) is 5.38. The van der Waals surface area contributed by atoms with E-state index < -0.39 is 19.5 Å². The van der Waals surface area contributed by atoms with Crippen molar-refractivity contribution in [2.45, 2.75) is 58.8 Å². The molecule has 1 heterocycles. The molecular formula is C10H19O5P. The zero-order valence-electron chi connectivity index (χ0n) is 10.3. The van der Waals surface area contributed by atoms with Gasteiger partial charge < -0.3 is 13.8 Å². The fourth-order valence-corrected chi connectivity index (χ4v) is 3.66. The standard InChI is InChI=1S/C10H19O5P/c1-6(2)14-16(12,15-7(3)4)10-9(13-10)8(5)11/h6-7,9-10H,1-5H3/t9-,10+/m0/s1. The highest BCUT2D eigenvalue weighted by Gasteiger charge is 2.58. The maximum absolute atomic E-state index is 12.4. The Balaban J connectivity index is 2.73. The molecule has 0 aromatic heterocycles. The van der Waals surface area contributed by atoms with Crippen LogP contribution in [0.4, 0.5) is 0 Å². The highest BCUT2D eigenvalue weighted by Crippen LogP contribution is 2.62. The number of hydrogen-bond donors (Lipinski definition) is 0. The van der Waals surface area contributed by atoms with Crippen LogP contribution < -0.4 is 0 Å². The van der Waals surface area contributed by atoms with Crippen molar-refractivity contribution in [2.75, 3.05) is 0 Å². The highest BCUT2D eigenvalue weighted by molar-refractivity contribution is 7.55. The number of carbonyl (C=O) groups is 1. The van der Waals surface area contributed by atoms with E-state index in [1.165, 1.54) is 6.92 Å². The molecule has 0 spiro atoms. The second-order valence-electron chi connectivity index (χ2n) is 4.41. The fraction of sp³-hybridized carbons (Fsp3) is 0.900. The molecule has 0 N–H and O–H groups in total. The second-order valence-corrected chi connectivity index (χ2v) is 6.42. The minimum absolute atomic E-state index is 0.148. The maximum atomic E-state index is 12.4. The molecule has 0 aliphatic carbocycles. The van der Waals surface area contributed by atoms with E-state index in [4.69, 9.17) is 13.8 Å². The minimum atomic E-state index is -3.35. The lowest BCUT2D eigenvalue weighted by molar-refractivity contribution is -0.118. The van der Waals surface area contributed by atoms with Crippen LogP contribution in [0.3, 0.4) is 0 Å². The third kappa shape index (κ3) is 3.39. The zero-order chi connectivity index (χ0) is 12.5. The van der Waals surface area contributed by atoms with Crippen molar-refractivity contribution in [3.63, 3.8) is 0 Å². The maximum Gasteiger partial charge on any atom is 0.362 e. The molecule has 2 atom stereocenters. The Morgan fingerprint density at radius 1 is 1.19 bits per heavy atom. The Kier molecular flexibility index (Phi) is 4.29. The van der Waals surface area contributed by atoms with Crippen molar-refractivity contribution in [3.8, 4) is 0 Å². The molecule has 1 fully saturated rings. The van der Waals surface area contributed by atoms with Gasteiger partial charge in [0.25, 0.3) is 0 Å². The predicted molar refractivity (Wildman–Crippen MR) is 59.4 cm³/mol. The van der Waals surface area contributed by atoms with Gasteiger partial charge in [0.1, 0.15) is 0 Å². The summed E-state index contributed by atoms with van der Waals surface area (Å²) in [5.41, 5.74) is 0. The van der Waals surface area contributed by atoms with Gasteiger partial charge in [-0.2, -0.15) is 0 Å². The summed E-state index contributed by atoms with van der Waals surface area (Å²) in [5.74, 6) is -0.875. The Morgan fingerprint density at radius 3 is 1.88 bits per heavy atom. The van der Waals surface area contributed by atoms with Crippen molar-refractivity contribution < 1.29 is 23.1 Å². The van der Waals surface area contributed by atoms with Crippen molar-refractivity contribution in [2.24, 2.45) is 0 Å². The summed E-state index contributed by atoms with van der Waals surface area (Å²) in [7, 11) is -3.35. The Morgan fingerprint density at radius 2 is 1.62 bits per heavy atom. The molecule has 94 valence electrons. The van der Waals surface area contributed by atoms with Crippen LogP contribution in [0.25, 0.3) is 0 Å². The molecule has 1 aliphatic heterocycles. The Hall–Kier alpha value is -0.220. The van der Waals surface area contributed by atoms with E-state index in [-0.39, 0.29) is 18.0 Å². The normalized spacial score (nSPS) is 25.2. The van der Waals surface area contributed by atoms with E-state index in [1.54, 1.807) is 27.7 Å². The van der Waals surface area contributed by atoms with Crippen molar-refractivity contribution >= 4 is 13.4 Å². The third-order valence-electron chi connectivity index (χ3n) is 1.90. The van der Waals surface area contributed by atoms with Gasteiger partial charge in [0.05, 0.1) is 12.2 Å². The molecule has 1 aliphatic rings. The molecule has 1 saturated heterocycles. The van der Waals surface area contributed by atoms with Crippen molar-refractivity contribution in [1.29, 1.82) is 0 Å². The molecule has 16 heavy (non-hydrogen) atoms. The van der Waals surface area contributed by atoms with Crippen molar-refractivity contribution in [1.82, 2.24) is 0 Å². The molecule has 0 unspecified atom stereocenters. The number of epoxide rings is 1. The van der Waals surface area contributed by atoms with E-state index in [2.05, 4.69) is 0 Å². The van der Waals surface area contributed by atoms with Gasteiger partial charge in [-0.05, 0) is 34.6 Å². The van der Waals surface area contributed by atoms with Gasteiger partial charge in [0, 0.05) is 0 Å². The molecule has 1 rings (SSSR count). The molecule has 0 aromatic carbocycles. The number of carbonyl (C=O) groups excluding carboxylic acids is 1. The zero-order valence-corrected chi connectivity index (χ0v) is 11.2. The molecular weight excluding hydrogens is 231 g/mol. The number of rotatable bonds is 6. The minimum Gasteiger partial charge on any atom is -0.348 e. The highest BCUT2D eigenvalue weighted by atomic mass is 31.2. The van der Waals surface area contributed by atoms with Crippen LogP contribution in [0.15, 0.2) is 0 Å². The molecule has 0 amide bonds. The van der Waals surface area contributed by atoms with Crippen LogP contribution in [0, 0.1) is 0 Å². The first-order valence-corrected chi connectivity index (χ1v) is 7.00. The number of ether oxygens (including phenoxy) is 1. The number of hydrogen-bond acceptors (Lipinski definition) is 5. The average molecular weight is 250 g/mol. The lowest BCUT2D eigenvalue weighted by Gasteiger charge is -2.21. The lowest BCUT2D eigenvalue weighted by Crippen LogP contribution is -2.14. The van der Waals surface area contributed by atoms with Crippen LogP contribution in [0.1, 0.15) is 34.6 Å². The second kappa shape index (κ2) is 4.96. The van der Waals surface area contributed by atoms with E-state index in [0.717, 1.165) is 0 Å². The summed E-state index contributed by atoms with van der Waals surface area (Å²) in [4.78, 5) is 11.1. The van der Waals surface area contributed by atoms with Gasteiger partial charge >= 0.3 is 7.60 Å². The van der Waals surface area contributed by atoms with Gasteiger partial charge in [-0.25, -0.2) is 0 Å². The SMILES string of the molecule is CC(=O)[C@@H]1O[C@@H]1P(=O)(OC(C)C)OC(C)C. The Labute approximate surface area is 96.0 Å². The van der Waals surface area contributed by atoms with Crippen LogP contribution in [0.2, 0.25) is 0 Å². The molecule has 0 saturated carbocycles. The summed E-state index contributed by atoms with van der Waals surface area (Å²) >= 11 is 0. The molecule has 6 heteroatoms. The summed E-state index contributed by atoms with van der Waals surface area (Å²) in [6.45, 7) is 8.46. The topological polar surface area (TPSA) is 65.1 Å². The van der Waals surface area contributed by atoms with Gasteiger partial charge in [0.2, 0.25) is 0 Å². The van der Waals surface area contributed by atoms with Crippen LogP contribution >= 0.6 is 7.60 Å². The Bertz CT molecular complexity index is 298. The van der Waals surface area contributed by atoms with E-state index in [1.807, 2.05) is 0 Å². The number of Topliss-reactive ketones (excluding diaryl/α,β-unsaturated/α-hetero) is 1. The number of ketones is 1. The van der Waals surface area contributed by atoms with Crippen LogP contribution in [-0.2, 0) is 23.1 Å². The predicted octanol–water partition coefficient (Wildman–Crippen LogP) is 2.34. The molecule has 5 nitrogen and oxygen atoms in total. The summed E-state index contributed by atoms with van der Waals surface area (Å²) < 4.78 is 28.1. The third-order valence-corrected chi connectivity index (χ3v) is 4.34. The summed E-state index contributed by atoms with van der Waals surface area (Å²) in [6, 6.07) is 0. The van der Waals surface area contributed by atoms with Gasteiger partial charge in [0.15, 0.2) is 17.7 Å².